The van der Waals surface area contributed by atoms with Crippen LogP contribution >= 0.6 is 0 Å². The lowest BCUT2D eigenvalue weighted by molar-refractivity contribution is -0.137. The van der Waals surface area contributed by atoms with E-state index in [0.717, 1.165) is 23.4 Å². The Labute approximate surface area is 178 Å². The number of benzene rings is 1. The van der Waals surface area contributed by atoms with E-state index >= 15 is 0 Å². The predicted octanol–water partition coefficient (Wildman–Crippen LogP) is 3.75. The van der Waals surface area contributed by atoms with Crippen LogP contribution < -0.4 is 5.32 Å². The van der Waals surface area contributed by atoms with Crippen LogP contribution in [0.2, 0.25) is 0 Å². The topological polar surface area (TPSA) is 75.9 Å². The summed E-state index contributed by atoms with van der Waals surface area (Å²) < 4.78 is 40.4. The first kappa shape index (κ1) is 21.5. The number of hydrogen-bond acceptors (Lipinski definition) is 5. The van der Waals surface area contributed by atoms with E-state index in [9.17, 15) is 18.3 Å². The van der Waals surface area contributed by atoms with Crippen LogP contribution in [0, 0.1) is 6.92 Å². The van der Waals surface area contributed by atoms with Gasteiger partial charge in [0.25, 0.3) is 0 Å². The Balaban J connectivity index is 1.53. The van der Waals surface area contributed by atoms with Crippen LogP contribution in [0.4, 0.5) is 13.2 Å². The molecule has 0 amide bonds. The van der Waals surface area contributed by atoms with Gasteiger partial charge in [-0.05, 0) is 55.7 Å². The van der Waals surface area contributed by atoms with Crippen LogP contribution in [-0.2, 0) is 18.3 Å². The molecule has 3 atom stereocenters. The summed E-state index contributed by atoms with van der Waals surface area (Å²) in [6, 6.07) is 8.32. The first-order valence-electron chi connectivity index (χ1n) is 10.1. The Morgan fingerprint density at radius 3 is 2.61 bits per heavy atom. The third kappa shape index (κ3) is 4.77. The maximum atomic E-state index is 12.9. The van der Waals surface area contributed by atoms with Gasteiger partial charge < -0.3 is 10.4 Å². The lowest BCUT2D eigenvalue weighted by Crippen LogP contribution is -2.47. The lowest BCUT2D eigenvalue weighted by atomic mass is 9.78. The van der Waals surface area contributed by atoms with Crippen LogP contribution in [0.15, 0.2) is 48.8 Å². The fraction of sp³-hybridized carbons (Fsp3) is 0.409. The first-order chi connectivity index (χ1) is 14.6. The molecule has 0 radical (unpaired) electrons. The van der Waals surface area contributed by atoms with Crippen molar-refractivity contribution < 1.29 is 18.3 Å². The van der Waals surface area contributed by atoms with Gasteiger partial charge in [-0.15, -0.1) is 5.10 Å². The van der Waals surface area contributed by atoms with Crippen molar-refractivity contribution in [2.75, 3.05) is 0 Å². The third-order valence-electron chi connectivity index (χ3n) is 5.64. The van der Waals surface area contributed by atoms with Crippen LogP contribution in [0.1, 0.15) is 53.9 Å². The largest absolute Gasteiger partial charge is 0.416 e. The molecule has 1 unspecified atom stereocenters. The second-order valence-electron chi connectivity index (χ2n) is 8.28. The molecule has 1 aromatic carbocycles. The Bertz CT molecular complexity index is 1050. The summed E-state index contributed by atoms with van der Waals surface area (Å²) in [5.41, 5.74) is 1.14. The highest BCUT2D eigenvalue weighted by atomic mass is 19.4. The van der Waals surface area contributed by atoms with Crippen molar-refractivity contribution >= 4 is 0 Å². The second-order valence-corrected chi connectivity index (χ2v) is 8.28. The molecule has 31 heavy (non-hydrogen) atoms. The van der Waals surface area contributed by atoms with E-state index in [0.29, 0.717) is 24.2 Å². The van der Waals surface area contributed by atoms with E-state index in [4.69, 9.17) is 0 Å². The van der Waals surface area contributed by atoms with Crippen LogP contribution in [0.25, 0.3) is 0 Å². The van der Waals surface area contributed by atoms with Crippen molar-refractivity contribution in [1.29, 1.82) is 0 Å². The summed E-state index contributed by atoms with van der Waals surface area (Å²) in [5, 5.41) is 23.2. The number of rotatable bonds is 4. The number of hydrogen-bond donors (Lipinski definition) is 2. The standard InChI is InChI=1S/C22H24F3N5O/c1-14-9-16(7-8-26-14)12-30-13-20(28-29-30)19-11-21(31,10-15(2)27-19)17-3-5-18(6-4-17)22(23,24)25/h3-9,13,15,19,27,31H,10-12H2,1-2H3/t15-,19-,21?/m0/s1. The quantitative estimate of drug-likeness (QED) is 0.658. The van der Waals surface area contributed by atoms with E-state index in [1.165, 1.54) is 12.1 Å². The summed E-state index contributed by atoms with van der Waals surface area (Å²) in [6.45, 7) is 4.40. The van der Waals surface area contributed by atoms with Crippen LogP contribution in [0.5, 0.6) is 0 Å². The monoisotopic (exact) mass is 431 g/mol. The second kappa shape index (κ2) is 8.05. The minimum Gasteiger partial charge on any atom is -0.385 e. The predicted molar refractivity (Wildman–Crippen MR) is 108 cm³/mol. The van der Waals surface area contributed by atoms with E-state index in [1.54, 1.807) is 10.9 Å². The highest BCUT2D eigenvalue weighted by Crippen LogP contribution is 2.40. The summed E-state index contributed by atoms with van der Waals surface area (Å²) in [4.78, 5) is 4.19. The SMILES string of the molecule is Cc1cc(Cn2cc([C@@H]3CC(O)(c4ccc(C(F)(F)F)cc4)C[C@H](C)N3)nn2)ccn1. The number of aromatic nitrogens is 4. The third-order valence-corrected chi connectivity index (χ3v) is 5.64. The van der Waals surface area contributed by atoms with E-state index in [1.807, 2.05) is 32.2 Å². The van der Waals surface area contributed by atoms with Gasteiger partial charge in [0.05, 0.1) is 35.6 Å². The van der Waals surface area contributed by atoms with Gasteiger partial charge in [0.1, 0.15) is 0 Å². The number of nitrogens with zero attached hydrogens (tertiary/aromatic N) is 4. The molecule has 2 N–H and O–H groups in total. The summed E-state index contributed by atoms with van der Waals surface area (Å²) >= 11 is 0. The minimum absolute atomic E-state index is 0.0564. The van der Waals surface area contributed by atoms with Gasteiger partial charge in [0, 0.05) is 24.4 Å². The van der Waals surface area contributed by atoms with Gasteiger partial charge in [-0.1, -0.05) is 17.3 Å². The number of halogens is 3. The van der Waals surface area contributed by atoms with Gasteiger partial charge in [0.2, 0.25) is 0 Å². The van der Waals surface area contributed by atoms with Crippen molar-refractivity contribution in [2.24, 2.45) is 0 Å². The van der Waals surface area contributed by atoms with E-state index in [2.05, 4.69) is 20.6 Å². The lowest BCUT2D eigenvalue weighted by Gasteiger charge is -2.40. The molecule has 2 aromatic heterocycles. The number of aryl methyl sites for hydroxylation is 1. The average Bonchev–Trinajstić information content (AvgIpc) is 3.15. The zero-order valence-corrected chi connectivity index (χ0v) is 17.3. The van der Waals surface area contributed by atoms with Gasteiger partial charge >= 0.3 is 6.18 Å². The van der Waals surface area contributed by atoms with Crippen molar-refractivity contribution in [3.8, 4) is 0 Å². The van der Waals surface area contributed by atoms with E-state index in [-0.39, 0.29) is 18.5 Å². The zero-order chi connectivity index (χ0) is 22.2. The van der Waals surface area contributed by atoms with Gasteiger partial charge in [0.15, 0.2) is 0 Å². The number of piperidine rings is 1. The molecule has 0 bridgehead atoms. The molecule has 4 rings (SSSR count). The molecule has 3 aromatic rings. The Morgan fingerprint density at radius 2 is 1.94 bits per heavy atom. The molecule has 1 fully saturated rings. The maximum absolute atomic E-state index is 12.9. The zero-order valence-electron chi connectivity index (χ0n) is 17.3. The number of nitrogens with one attached hydrogen (secondary N) is 1. The molecule has 6 nitrogen and oxygen atoms in total. The smallest absolute Gasteiger partial charge is 0.385 e. The van der Waals surface area contributed by atoms with Gasteiger partial charge in [-0.3, -0.25) is 4.98 Å². The molecule has 3 heterocycles. The highest BCUT2D eigenvalue weighted by molar-refractivity contribution is 5.30. The molecule has 0 aliphatic carbocycles. The molecular weight excluding hydrogens is 407 g/mol. The first-order valence-corrected chi connectivity index (χ1v) is 10.1. The molecular formula is C22H24F3N5O. The van der Waals surface area contributed by atoms with Gasteiger partial charge in [-0.2, -0.15) is 13.2 Å². The van der Waals surface area contributed by atoms with Crippen molar-refractivity contribution in [3.63, 3.8) is 0 Å². The summed E-state index contributed by atoms with van der Waals surface area (Å²) in [5.74, 6) is 0. The van der Waals surface area contributed by atoms with Crippen LogP contribution in [0.3, 0.4) is 0 Å². The Morgan fingerprint density at radius 1 is 1.19 bits per heavy atom. The normalized spacial score (nSPS) is 24.3. The molecule has 164 valence electrons. The molecule has 0 spiro atoms. The molecule has 1 saturated heterocycles. The highest BCUT2D eigenvalue weighted by Gasteiger charge is 2.41. The molecule has 1 aliphatic heterocycles. The van der Waals surface area contributed by atoms with Crippen molar-refractivity contribution in [2.45, 2.75) is 57.1 Å². The summed E-state index contributed by atoms with van der Waals surface area (Å²) in [7, 11) is 0. The van der Waals surface area contributed by atoms with Gasteiger partial charge in [-0.25, -0.2) is 4.68 Å². The summed E-state index contributed by atoms with van der Waals surface area (Å²) in [6.07, 6.45) is -0.151. The molecule has 1 aliphatic rings. The molecule has 9 heteroatoms. The number of alkyl halides is 3. The minimum atomic E-state index is -4.41. The van der Waals surface area contributed by atoms with Crippen molar-refractivity contribution in [1.82, 2.24) is 25.3 Å². The fourth-order valence-electron chi connectivity index (χ4n) is 4.22. The Hall–Kier alpha value is -2.78. The molecule has 0 saturated carbocycles. The van der Waals surface area contributed by atoms with Crippen LogP contribution in [-0.4, -0.2) is 31.1 Å². The average molecular weight is 431 g/mol. The van der Waals surface area contributed by atoms with Crippen molar-refractivity contribution in [3.05, 3.63) is 76.9 Å². The van der Waals surface area contributed by atoms with E-state index < -0.39 is 17.3 Å². The number of aliphatic hydroxyl groups is 1. The number of pyridine rings is 1. The fourth-order valence-corrected chi connectivity index (χ4v) is 4.22. The Kier molecular flexibility index (Phi) is 5.57. The maximum Gasteiger partial charge on any atom is 0.416 e.